The number of carbonyl (C=O) groups excluding carboxylic acids is 1. The van der Waals surface area contributed by atoms with Gasteiger partial charge >= 0.3 is 0 Å². The zero-order valence-electron chi connectivity index (χ0n) is 14.5. The largest absolute Gasteiger partial charge is 0.298 e. The quantitative estimate of drug-likeness (QED) is 0.720. The molecule has 3 aromatic rings. The molecule has 1 saturated heterocycles. The first-order chi connectivity index (χ1) is 12.2. The van der Waals surface area contributed by atoms with E-state index in [1.54, 1.807) is 4.68 Å². The highest BCUT2D eigenvalue weighted by atomic mass is 16.1. The van der Waals surface area contributed by atoms with E-state index in [2.05, 4.69) is 33.2 Å². The summed E-state index contributed by atoms with van der Waals surface area (Å²) < 4.78 is 1.80. The maximum Gasteiger partial charge on any atom is 0.152 e. The number of hydrogen-bond acceptors (Lipinski definition) is 4. The van der Waals surface area contributed by atoms with Gasteiger partial charge in [-0.25, -0.2) is 0 Å². The lowest BCUT2D eigenvalue weighted by Crippen LogP contribution is -2.27. The van der Waals surface area contributed by atoms with Gasteiger partial charge in [0.15, 0.2) is 5.78 Å². The molecule has 1 aliphatic rings. The number of rotatable bonds is 5. The molecule has 0 N–H and O–H groups in total. The van der Waals surface area contributed by atoms with E-state index in [4.69, 9.17) is 0 Å². The Bertz CT molecular complexity index is 909. The number of Topliss-reactive ketones (excluding diaryl/α,β-unsaturated/α-hetero) is 1. The Morgan fingerprint density at radius 2 is 1.92 bits per heavy atom. The molecule has 25 heavy (non-hydrogen) atoms. The number of benzene rings is 1. The van der Waals surface area contributed by atoms with Gasteiger partial charge in [0.2, 0.25) is 0 Å². The number of carbonyl (C=O) groups is 1. The molecule has 0 saturated carbocycles. The van der Waals surface area contributed by atoms with Crippen LogP contribution >= 0.6 is 0 Å². The molecule has 0 radical (unpaired) electrons. The first kappa shape index (κ1) is 16.0. The van der Waals surface area contributed by atoms with Crippen LogP contribution in [0.25, 0.3) is 21.9 Å². The average Bonchev–Trinajstić information content (AvgIpc) is 3.26. The molecule has 0 unspecified atom stereocenters. The van der Waals surface area contributed by atoms with Crippen LogP contribution in [0.2, 0.25) is 0 Å². The molecule has 5 heteroatoms. The fourth-order valence-corrected chi connectivity index (χ4v) is 3.48. The molecular weight excluding hydrogens is 312 g/mol. The van der Waals surface area contributed by atoms with Crippen molar-refractivity contribution in [2.75, 3.05) is 19.6 Å². The number of likely N-dealkylation sites (tertiary alicyclic amines) is 1. The summed E-state index contributed by atoms with van der Waals surface area (Å²) in [7, 11) is 1.92. The molecule has 0 aliphatic carbocycles. The number of nitrogens with zero attached hydrogens (tertiary/aromatic N) is 4. The Balaban J connectivity index is 1.54. The van der Waals surface area contributed by atoms with Gasteiger partial charge < -0.3 is 0 Å². The first-order valence-corrected chi connectivity index (χ1v) is 8.79. The third kappa shape index (κ3) is 3.61. The van der Waals surface area contributed by atoms with Crippen molar-refractivity contribution in [2.24, 2.45) is 7.05 Å². The Morgan fingerprint density at radius 3 is 2.68 bits per heavy atom. The fourth-order valence-electron chi connectivity index (χ4n) is 3.48. The summed E-state index contributed by atoms with van der Waals surface area (Å²) in [5, 5.41) is 6.43. The van der Waals surface area contributed by atoms with Crippen LogP contribution in [0.15, 0.2) is 42.9 Å². The molecule has 1 aromatic carbocycles. The summed E-state index contributed by atoms with van der Waals surface area (Å²) in [4.78, 5) is 19.0. The number of hydrogen-bond donors (Lipinski definition) is 0. The van der Waals surface area contributed by atoms with Crippen molar-refractivity contribution in [3.05, 3.63) is 48.5 Å². The van der Waals surface area contributed by atoms with E-state index < -0.39 is 0 Å². The Hall–Kier alpha value is -2.53. The second-order valence-electron chi connectivity index (χ2n) is 6.84. The second-order valence-corrected chi connectivity index (χ2v) is 6.84. The molecule has 0 bridgehead atoms. The molecule has 1 fully saturated rings. The normalized spacial score (nSPS) is 15.1. The zero-order chi connectivity index (χ0) is 17.2. The summed E-state index contributed by atoms with van der Waals surface area (Å²) in [6.45, 7) is 2.65. The van der Waals surface area contributed by atoms with Gasteiger partial charge in [-0.2, -0.15) is 5.10 Å². The van der Waals surface area contributed by atoms with Crippen LogP contribution in [0.5, 0.6) is 0 Å². The Kier molecular flexibility index (Phi) is 4.32. The van der Waals surface area contributed by atoms with E-state index in [0.717, 1.165) is 40.7 Å². The third-order valence-corrected chi connectivity index (χ3v) is 4.79. The van der Waals surface area contributed by atoms with Gasteiger partial charge in [-0.05, 0) is 49.0 Å². The minimum atomic E-state index is 0.247. The topological polar surface area (TPSA) is 51.0 Å². The standard InChI is InChI=1S/C20H22N4O/c1-23-13-18(12-22-23)15-4-5-16-11-21-19(9-17(16)8-15)10-20(25)14-24-6-2-3-7-24/h4-5,8-9,11-13H,2-3,6-7,10,14H2,1H3. The van der Waals surface area contributed by atoms with E-state index in [1.165, 1.54) is 12.8 Å². The van der Waals surface area contributed by atoms with E-state index >= 15 is 0 Å². The van der Waals surface area contributed by atoms with Gasteiger partial charge in [0.05, 0.1) is 19.2 Å². The molecule has 3 heterocycles. The smallest absolute Gasteiger partial charge is 0.152 e. The molecule has 1 aliphatic heterocycles. The molecule has 5 nitrogen and oxygen atoms in total. The lowest BCUT2D eigenvalue weighted by molar-refractivity contribution is -0.119. The lowest BCUT2D eigenvalue weighted by atomic mass is 10.0. The van der Waals surface area contributed by atoms with Crippen LogP contribution in [0.4, 0.5) is 0 Å². The summed E-state index contributed by atoms with van der Waals surface area (Å²) >= 11 is 0. The van der Waals surface area contributed by atoms with Crippen molar-refractivity contribution < 1.29 is 4.79 Å². The van der Waals surface area contributed by atoms with Crippen molar-refractivity contribution in [3.63, 3.8) is 0 Å². The number of aromatic nitrogens is 3. The number of aryl methyl sites for hydroxylation is 1. The van der Waals surface area contributed by atoms with Crippen LogP contribution < -0.4 is 0 Å². The van der Waals surface area contributed by atoms with Crippen LogP contribution in [0, 0.1) is 0 Å². The molecule has 0 atom stereocenters. The fraction of sp³-hybridized carbons (Fsp3) is 0.350. The molecular formula is C20H22N4O. The Labute approximate surface area is 147 Å². The van der Waals surface area contributed by atoms with E-state index in [1.807, 2.05) is 31.7 Å². The summed E-state index contributed by atoms with van der Waals surface area (Å²) in [5.41, 5.74) is 3.06. The average molecular weight is 334 g/mol. The number of fused-ring (bicyclic) bond motifs is 1. The van der Waals surface area contributed by atoms with Gasteiger partial charge in [-0.1, -0.05) is 12.1 Å². The Morgan fingerprint density at radius 1 is 1.08 bits per heavy atom. The highest BCUT2D eigenvalue weighted by Crippen LogP contribution is 2.24. The van der Waals surface area contributed by atoms with Crippen molar-refractivity contribution in [1.29, 1.82) is 0 Å². The van der Waals surface area contributed by atoms with Crippen LogP contribution in [-0.4, -0.2) is 45.1 Å². The second kappa shape index (κ2) is 6.76. The monoisotopic (exact) mass is 334 g/mol. The first-order valence-electron chi connectivity index (χ1n) is 8.79. The van der Waals surface area contributed by atoms with Crippen LogP contribution in [0.3, 0.4) is 0 Å². The van der Waals surface area contributed by atoms with Gasteiger partial charge in [-0.3, -0.25) is 19.4 Å². The highest BCUT2D eigenvalue weighted by molar-refractivity contribution is 5.88. The SMILES string of the molecule is Cn1cc(-c2ccc3cnc(CC(=O)CN4CCCC4)cc3c2)cn1. The molecule has 2 aromatic heterocycles. The van der Waals surface area contributed by atoms with E-state index in [0.29, 0.717) is 13.0 Å². The summed E-state index contributed by atoms with van der Waals surface area (Å²) in [6.07, 6.45) is 8.55. The minimum absolute atomic E-state index is 0.247. The zero-order valence-corrected chi connectivity index (χ0v) is 14.5. The van der Waals surface area contributed by atoms with Crippen molar-refractivity contribution in [1.82, 2.24) is 19.7 Å². The third-order valence-electron chi connectivity index (χ3n) is 4.79. The predicted molar refractivity (Wildman–Crippen MR) is 98.3 cm³/mol. The summed E-state index contributed by atoms with van der Waals surface area (Å²) in [6, 6.07) is 8.33. The van der Waals surface area contributed by atoms with Crippen LogP contribution in [0.1, 0.15) is 18.5 Å². The molecule has 128 valence electrons. The van der Waals surface area contributed by atoms with E-state index in [9.17, 15) is 4.79 Å². The molecule has 0 spiro atoms. The summed E-state index contributed by atoms with van der Waals surface area (Å²) in [5.74, 6) is 0.247. The maximum absolute atomic E-state index is 12.3. The minimum Gasteiger partial charge on any atom is -0.298 e. The predicted octanol–water partition coefficient (Wildman–Crippen LogP) is 2.84. The lowest BCUT2D eigenvalue weighted by Gasteiger charge is -2.13. The van der Waals surface area contributed by atoms with Crippen molar-refractivity contribution in [2.45, 2.75) is 19.3 Å². The molecule has 0 amide bonds. The van der Waals surface area contributed by atoms with Crippen molar-refractivity contribution >= 4 is 16.6 Å². The highest BCUT2D eigenvalue weighted by Gasteiger charge is 2.15. The van der Waals surface area contributed by atoms with Gasteiger partial charge in [0.1, 0.15) is 0 Å². The van der Waals surface area contributed by atoms with E-state index in [-0.39, 0.29) is 5.78 Å². The number of ketones is 1. The molecule has 4 rings (SSSR count). The number of pyridine rings is 1. The van der Waals surface area contributed by atoms with Crippen LogP contribution in [-0.2, 0) is 18.3 Å². The van der Waals surface area contributed by atoms with Crippen molar-refractivity contribution in [3.8, 4) is 11.1 Å². The van der Waals surface area contributed by atoms with Gasteiger partial charge in [0, 0.05) is 36.1 Å². The van der Waals surface area contributed by atoms with Gasteiger partial charge in [-0.15, -0.1) is 0 Å². The maximum atomic E-state index is 12.3. The van der Waals surface area contributed by atoms with Gasteiger partial charge in [0.25, 0.3) is 0 Å².